The lowest BCUT2D eigenvalue weighted by Gasteiger charge is -2.59. The second-order valence-corrected chi connectivity index (χ2v) is 20.8. The molecule has 296 valence electrons. The fourth-order valence-corrected chi connectivity index (χ4v) is 13.7. The molecule has 8 aliphatic rings. The first-order chi connectivity index (χ1) is 25.1. The van der Waals surface area contributed by atoms with Crippen LogP contribution in [0.15, 0.2) is 59.1 Å². The van der Waals surface area contributed by atoms with Crippen LogP contribution in [-0.4, -0.2) is 41.1 Å². The minimum absolute atomic E-state index is 0.0142. The lowest BCUT2D eigenvalue weighted by Crippen LogP contribution is -2.56. The summed E-state index contributed by atoms with van der Waals surface area (Å²) >= 11 is 0. The standard InChI is InChI=1S/C24H34O3.C23H32O4/c1-15-12-17(13-16(15)2)26-14-18-20-23(5)10-7-9-22(3,4)19(23)8-11-24(20,6)27-21(18)25;1-14-11-15(12-17(14)24)26-13-16-19-22(4)9-6-8-21(2,3)18(22)7-10-23(19,5)27-20(16)25/h13-14,17,19-20H,1,7-12H2,2-6H3;11,13,15,18-19H,6-10,12H2,1-5H3/b18-14-;16-13-/t17-,19?,20+,23-,24+;15-,18?,19+,22-,23+/m00/s1. The summed E-state index contributed by atoms with van der Waals surface area (Å²) in [5, 5.41) is 0. The topological polar surface area (TPSA) is 88.1 Å². The fraction of sp³-hybridized carbons (Fsp3) is 0.723. The van der Waals surface area contributed by atoms with E-state index in [9.17, 15) is 14.4 Å². The largest absolute Gasteiger partial charge is 0.493 e. The van der Waals surface area contributed by atoms with Crippen molar-refractivity contribution in [2.45, 2.75) is 170 Å². The molecule has 7 nitrogen and oxygen atoms in total. The highest BCUT2D eigenvalue weighted by Gasteiger charge is 2.66. The van der Waals surface area contributed by atoms with Crippen LogP contribution in [-0.2, 0) is 33.3 Å². The number of carbonyl (C=O) groups is 3. The molecule has 4 saturated carbocycles. The zero-order chi connectivity index (χ0) is 39.2. The van der Waals surface area contributed by atoms with Gasteiger partial charge in [0.2, 0.25) is 0 Å². The summed E-state index contributed by atoms with van der Waals surface area (Å²) in [6.45, 7) is 26.5. The van der Waals surface area contributed by atoms with E-state index in [0.29, 0.717) is 29.2 Å². The summed E-state index contributed by atoms with van der Waals surface area (Å²) < 4.78 is 23.9. The number of esters is 2. The highest BCUT2D eigenvalue weighted by molar-refractivity contribution is 5.98. The maximum absolute atomic E-state index is 12.9. The van der Waals surface area contributed by atoms with Crippen molar-refractivity contribution in [1.29, 1.82) is 0 Å². The van der Waals surface area contributed by atoms with Gasteiger partial charge in [0.25, 0.3) is 0 Å². The van der Waals surface area contributed by atoms with E-state index in [0.717, 1.165) is 61.7 Å². The summed E-state index contributed by atoms with van der Waals surface area (Å²) in [5.41, 5.74) is 4.37. The molecule has 0 bridgehead atoms. The Morgan fingerprint density at radius 1 is 0.630 bits per heavy atom. The summed E-state index contributed by atoms with van der Waals surface area (Å²) in [6.07, 6.45) is 19.5. The SMILES string of the molecule is C=C1C[C@H](O/C=C2\C(=O)O[C@]3(C)CCC4C(C)(C)CCC[C@]4(C)[C@@H]23)C=C1C.CC1=C[C@H](O/C=C2\C(=O)O[C@]3(C)CCC4C(C)(C)CCC[C@]4(C)[C@@H]23)CC1=O. The molecule has 7 heteroatoms. The molecule has 0 aromatic carbocycles. The van der Waals surface area contributed by atoms with Crippen LogP contribution < -0.4 is 0 Å². The lowest BCUT2D eigenvalue weighted by atomic mass is 9.45. The predicted octanol–water partition coefficient (Wildman–Crippen LogP) is 10.5. The van der Waals surface area contributed by atoms with Crippen molar-refractivity contribution in [1.82, 2.24) is 0 Å². The first-order valence-corrected chi connectivity index (χ1v) is 20.9. The normalized spacial score (nSPS) is 44.6. The van der Waals surface area contributed by atoms with Gasteiger partial charge >= 0.3 is 11.9 Å². The smallest absolute Gasteiger partial charge is 0.338 e. The first-order valence-electron chi connectivity index (χ1n) is 20.9. The minimum atomic E-state index is -0.442. The number of fused-ring (bicyclic) bond motifs is 6. The monoisotopic (exact) mass is 742 g/mol. The van der Waals surface area contributed by atoms with Crippen molar-refractivity contribution in [3.8, 4) is 0 Å². The van der Waals surface area contributed by atoms with Crippen LogP contribution >= 0.6 is 0 Å². The van der Waals surface area contributed by atoms with Gasteiger partial charge in [0.15, 0.2) is 5.78 Å². The van der Waals surface area contributed by atoms with E-state index in [2.05, 4.69) is 75.0 Å². The van der Waals surface area contributed by atoms with Crippen LogP contribution in [0.2, 0.25) is 0 Å². The highest BCUT2D eigenvalue weighted by atomic mass is 16.6. The van der Waals surface area contributed by atoms with Crippen LogP contribution in [0.1, 0.15) is 146 Å². The summed E-state index contributed by atoms with van der Waals surface area (Å²) in [7, 11) is 0. The molecule has 54 heavy (non-hydrogen) atoms. The molecule has 0 amide bonds. The average molecular weight is 743 g/mol. The second kappa shape index (κ2) is 13.3. The van der Waals surface area contributed by atoms with Gasteiger partial charge in [-0.05, 0) is 141 Å². The molecule has 2 saturated heterocycles. The Labute approximate surface area is 324 Å². The Morgan fingerprint density at radius 3 is 1.44 bits per heavy atom. The van der Waals surface area contributed by atoms with Crippen molar-refractivity contribution in [2.75, 3.05) is 0 Å². The molecule has 8 rings (SSSR count). The third-order valence-electron chi connectivity index (χ3n) is 16.1. The Hall–Kier alpha value is -3.09. The van der Waals surface area contributed by atoms with E-state index < -0.39 is 11.2 Å². The highest BCUT2D eigenvalue weighted by Crippen LogP contribution is 2.67. The van der Waals surface area contributed by atoms with E-state index >= 15 is 0 Å². The summed E-state index contributed by atoms with van der Waals surface area (Å²) in [6, 6.07) is 0. The average Bonchev–Trinajstić information content (AvgIpc) is 3.73. The van der Waals surface area contributed by atoms with E-state index in [4.69, 9.17) is 18.9 Å². The van der Waals surface area contributed by atoms with Gasteiger partial charge < -0.3 is 18.9 Å². The Balaban J connectivity index is 0.000000167. The lowest BCUT2D eigenvalue weighted by molar-refractivity contribution is -0.165. The molecule has 0 radical (unpaired) electrons. The maximum Gasteiger partial charge on any atom is 0.338 e. The molecule has 0 spiro atoms. The third kappa shape index (κ3) is 6.36. The minimum Gasteiger partial charge on any atom is -0.493 e. The zero-order valence-electron chi connectivity index (χ0n) is 34.8. The van der Waals surface area contributed by atoms with Crippen molar-refractivity contribution in [3.05, 3.63) is 59.1 Å². The van der Waals surface area contributed by atoms with Crippen molar-refractivity contribution in [2.24, 2.45) is 45.3 Å². The molecule has 6 aliphatic carbocycles. The molecule has 10 atom stereocenters. The Bertz CT molecular complexity index is 1610. The van der Waals surface area contributed by atoms with Gasteiger partial charge in [0.05, 0.1) is 30.1 Å². The number of hydrogen-bond donors (Lipinski definition) is 0. The van der Waals surface area contributed by atoms with Gasteiger partial charge in [-0.3, -0.25) is 4.79 Å². The Morgan fingerprint density at radius 2 is 1.06 bits per heavy atom. The molecule has 2 unspecified atom stereocenters. The molecule has 2 aliphatic heterocycles. The summed E-state index contributed by atoms with van der Waals surface area (Å²) in [5.74, 6) is 1.07. The van der Waals surface area contributed by atoms with Gasteiger partial charge in [-0.25, -0.2) is 9.59 Å². The van der Waals surface area contributed by atoms with Gasteiger partial charge in [0.1, 0.15) is 23.4 Å². The molecular formula is C47H66O7. The molecule has 0 aromatic heterocycles. The number of carbonyl (C=O) groups excluding carboxylic acids is 3. The number of Topliss-reactive ketones (excluding diaryl/α,β-unsaturated/α-hetero) is 1. The van der Waals surface area contributed by atoms with Crippen LogP contribution in [0.4, 0.5) is 0 Å². The zero-order valence-corrected chi connectivity index (χ0v) is 34.8. The number of ketones is 1. The van der Waals surface area contributed by atoms with Crippen LogP contribution in [0, 0.1) is 45.3 Å². The van der Waals surface area contributed by atoms with E-state index in [1.54, 1.807) is 12.5 Å². The van der Waals surface area contributed by atoms with Crippen LogP contribution in [0.3, 0.4) is 0 Å². The number of ether oxygens (including phenoxy) is 4. The van der Waals surface area contributed by atoms with Gasteiger partial charge in [0, 0.05) is 18.3 Å². The van der Waals surface area contributed by atoms with E-state index in [1.165, 1.54) is 31.3 Å². The third-order valence-corrected chi connectivity index (χ3v) is 16.1. The number of rotatable bonds is 4. The molecule has 0 aromatic rings. The number of allylic oxidation sites excluding steroid dienone is 2. The maximum atomic E-state index is 12.9. The molecule has 0 N–H and O–H groups in total. The van der Waals surface area contributed by atoms with Crippen LogP contribution in [0.5, 0.6) is 0 Å². The predicted molar refractivity (Wildman–Crippen MR) is 210 cm³/mol. The molecule has 6 fully saturated rings. The molecule has 2 heterocycles. The Kier molecular flexibility index (Phi) is 9.61. The summed E-state index contributed by atoms with van der Waals surface area (Å²) in [4.78, 5) is 37.4. The van der Waals surface area contributed by atoms with E-state index in [-0.39, 0.29) is 58.0 Å². The quantitative estimate of drug-likeness (QED) is 0.161. The van der Waals surface area contributed by atoms with Gasteiger partial charge in [-0.2, -0.15) is 0 Å². The molecular weight excluding hydrogens is 677 g/mol. The van der Waals surface area contributed by atoms with Gasteiger partial charge in [-0.1, -0.05) is 61.0 Å². The van der Waals surface area contributed by atoms with Crippen LogP contribution in [0.25, 0.3) is 0 Å². The van der Waals surface area contributed by atoms with Crippen molar-refractivity contribution >= 4 is 17.7 Å². The fourth-order valence-electron chi connectivity index (χ4n) is 13.7. The number of hydrogen-bond acceptors (Lipinski definition) is 7. The van der Waals surface area contributed by atoms with Crippen molar-refractivity contribution < 1.29 is 33.3 Å². The van der Waals surface area contributed by atoms with Gasteiger partial charge in [-0.15, -0.1) is 0 Å². The first kappa shape index (κ1) is 39.2. The second-order valence-electron chi connectivity index (χ2n) is 20.8. The van der Waals surface area contributed by atoms with Crippen molar-refractivity contribution in [3.63, 3.8) is 0 Å². The van der Waals surface area contributed by atoms with E-state index in [1.807, 2.05) is 13.0 Å².